The third-order valence-corrected chi connectivity index (χ3v) is 3.78. The zero-order valence-corrected chi connectivity index (χ0v) is 14.0. The molecular weight excluding hydrogens is 330 g/mol. The summed E-state index contributed by atoms with van der Waals surface area (Å²) in [7, 11) is 1.43. The molecule has 1 aromatic heterocycles. The standard InChI is InChI=1S/C17H19NO7/c1-10(6-12-4-5-13-14(7-12)23-9-22-13)18(3)16(19)21-8-15-11(2)24-17(20)25-15/h4-5,7,10H,6,8-9H2,1-3H3/i6D2. The molecule has 1 aliphatic rings. The van der Waals surface area contributed by atoms with Crippen LogP contribution in [0.4, 0.5) is 4.79 Å². The Kier molecular flexibility index (Phi) is 4.00. The Hall–Kier alpha value is -2.90. The van der Waals surface area contributed by atoms with Crippen LogP contribution < -0.4 is 15.3 Å². The van der Waals surface area contributed by atoms with Crippen LogP contribution in [0.3, 0.4) is 0 Å². The minimum absolute atomic E-state index is 0.0904. The van der Waals surface area contributed by atoms with Gasteiger partial charge >= 0.3 is 11.9 Å². The molecule has 0 bridgehead atoms. The minimum Gasteiger partial charge on any atom is -0.454 e. The van der Waals surface area contributed by atoms with Gasteiger partial charge in [-0.3, -0.25) is 0 Å². The highest BCUT2D eigenvalue weighted by atomic mass is 16.7. The number of carbonyl (C=O) groups is 1. The Balaban J connectivity index is 1.69. The molecule has 2 heterocycles. The van der Waals surface area contributed by atoms with Crippen molar-refractivity contribution in [2.45, 2.75) is 32.9 Å². The molecule has 0 aliphatic carbocycles. The van der Waals surface area contributed by atoms with Crippen LogP contribution in [-0.4, -0.2) is 30.9 Å². The number of rotatable bonds is 5. The molecule has 1 unspecified atom stereocenters. The van der Waals surface area contributed by atoms with E-state index in [0.29, 0.717) is 17.1 Å². The fourth-order valence-electron chi connectivity index (χ4n) is 2.22. The maximum absolute atomic E-state index is 12.3. The van der Waals surface area contributed by atoms with Crippen molar-refractivity contribution in [3.8, 4) is 11.5 Å². The van der Waals surface area contributed by atoms with Gasteiger partial charge in [0, 0.05) is 15.8 Å². The van der Waals surface area contributed by atoms with Crippen LogP contribution in [0.2, 0.25) is 0 Å². The largest absolute Gasteiger partial charge is 0.519 e. The van der Waals surface area contributed by atoms with Crippen LogP contribution in [0.5, 0.6) is 11.5 Å². The van der Waals surface area contributed by atoms with Gasteiger partial charge in [0.2, 0.25) is 6.79 Å². The lowest BCUT2D eigenvalue weighted by Gasteiger charge is -2.24. The van der Waals surface area contributed by atoms with E-state index in [0.717, 1.165) is 4.90 Å². The van der Waals surface area contributed by atoms with Gasteiger partial charge in [-0.2, -0.15) is 0 Å². The lowest BCUT2D eigenvalue weighted by molar-refractivity contribution is 0.0868. The summed E-state index contributed by atoms with van der Waals surface area (Å²) in [6.45, 7) is 2.88. The highest BCUT2D eigenvalue weighted by Gasteiger charge is 2.20. The Morgan fingerprint density at radius 3 is 2.84 bits per heavy atom. The number of carbonyl (C=O) groups excluding carboxylic acids is 1. The van der Waals surface area contributed by atoms with E-state index >= 15 is 0 Å². The smallest absolute Gasteiger partial charge is 0.454 e. The van der Waals surface area contributed by atoms with Crippen LogP contribution in [0, 0.1) is 6.92 Å². The van der Waals surface area contributed by atoms with Gasteiger partial charge in [0.05, 0.1) is 0 Å². The maximum Gasteiger partial charge on any atom is 0.519 e. The third-order valence-electron chi connectivity index (χ3n) is 3.78. The molecule has 8 heteroatoms. The second-order valence-corrected chi connectivity index (χ2v) is 5.49. The molecule has 1 atom stereocenters. The van der Waals surface area contributed by atoms with E-state index < -0.39 is 24.3 Å². The highest BCUT2D eigenvalue weighted by molar-refractivity contribution is 5.67. The first-order valence-electron chi connectivity index (χ1n) is 8.59. The zero-order valence-electron chi connectivity index (χ0n) is 16.0. The Morgan fingerprint density at radius 1 is 1.36 bits per heavy atom. The molecule has 1 aromatic carbocycles. The molecule has 0 radical (unpaired) electrons. The first-order chi connectivity index (χ1) is 12.7. The predicted molar refractivity (Wildman–Crippen MR) is 85.7 cm³/mol. The Bertz CT molecular complexity index is 905. The molecule has 0 fully saturated rings. The average molecular weight is 351 g/mol. The maximum atomic E-state index is 12.3. The number of fused-ring (bicyclic) bond motifs is 1. The molecule has 2 aromatic rings. The monoisotopic (exact) mass is 351 g/mol. The summed E-state index contributed by atoms with van der Waals surface area (Å²) in [6, 6.07) is 3.92. The number of hydrogen-bond donors (Lipinski definition) is 0. The van der Waals surface area contributed by atoms with E-state index in [2.05, 4.69) is 0 Å². The molecular formula is C17H19NO7. The highest BCUT2D eigenvalue weighted by Crippen LogP contribution is 2.32. The summed E-state index contributed by atoms with van der Waals surface area (Å²) in [5, 5.41) is 0. The first kappa shape index (κ1) is 14.4. The van der Waals surface area contributed by atoms with Gasteiger partial charge < -0.3 is 27.9 Å². The van der Waals surface area contributed by atoms with Gasteiger partial charge in [0.15, 0.2) is 29.6 Å². The fraction of sp³-hybridized carbons (Fsp3) is 0.412. The van der Waals surface area contributed by atoms with Crippen LogP contribution in [0.15, 0.2) is 31.8 Å². The molecule has 25 heavy (non-hydrogen) atoms. The van der Waals surface area contributed by atoms with Crippen molar-refractivity contribution in [3.05, 3.63) is 45.9 Å². The van der Waals surface area contributed by atoms with Crippen LogP contribution in [0.1, 0.15) is 26.7 Å². The molecule has 0 N–H and O–H groups in total. The van der Waals surface area contributed by atoms with Crippen LogP contribution in [0.25, 0.3) is 0 Å². The SMILES string of the molecule is [2H]C([2H])(c1ccc2c(c1)OCO2)C(C)N(C)C(=O)OCc1oc(=O)oc1C. The molecule has 134 valence electrons. The summed E-state index contributed by atoms with van der Waals surface area (Å²) in [5.41, 5.74) is 0.343. The molecule has 0 saturated heterocycles. The topological polar surface area (TPSA) is 91.4 Å². The van der Waals surface area contributed by atoms with Gasteiger partial charge in [0.25, 0.3) is 0 Å². The van der Waals surface area contributed by atoms with E-state index in [1.165, 1.54) is 14.0 Å². The van der Waals surface area contributed by atoms with Crippen molar-refractivity contribution in [3.63, 3.8) is 0 Å². The quantitative estimate of drug-likeness (QED) is 0.817. The van der Waals surface area contributed by atoms with Crippen molar-refractivity contribution < 1.29 is 30.6 Å². The lowest BCUT2D eigenvalue weighted by atomic mass is 10.1. The number of aryl methyl sites for hydroxylation is 1. The minimum atomic E-state index is -1.88. The van der Waals surface area contributed by atoms with Crippen LogP contribution in [-0.2, 0) is 17.7 Å². The van der Waals surface area contributed by atoms with Crippen LogP contribution >= 0.6 is 0 Å². The second kappa shape index (κ2) is 6.92. The summed E-state index contributed by atoms with van der Waals surface area (Å²) >= 11 is 0. The molecule has 0 saturated carbocycles. The van der Waals surface area contributed by atoms with Crippen molar-refractivity contribution in [1.29, 1.82) is 0 Å². The molecule has 8 nitrogen and oxygen atoms in total. The lowest BCUT2D eigenvalue weighted by Crippen LogP contribution is -2.36. The summed E-state index contributed by atoms with van der Waals surface area (Å²) in [6.07, 6.45) is -2.65. The van der Waals surface area contributed by atoms with Crippen molar-refractivity contribution in [2.75, 3.05) is 13.8 Å². The number of hydrogen-bond acceptors (Lipinski definition) is 7. The van der Waals surface area contributed by atoms with Gasteiger partial charge in [-0.15, -0.1) is 0 Å². The Morgan fingerprint density at radius 2 is 2.12 bits per heavy atom. The zero-order chi connectivity index (χ0) is 19.8. The third kappa shape index (κ3) is 3.78. The average Bonchev–Trinajstić information content (AvgIpc) is 3.23. The normalized spacial score (nSPS) is 15.3. The predicted octanol–water partition coefficient (Wildman–Crippen LogP) is 2.47. The number of amides is 1. The molecule has 1 amide bonds. The summed E-state index contributed by atoms with van der Waals surface area (Å²) in [4.78, 5) is 24.4. The van der Waals surface area contributed by atoms with E-state index in [1.807, 2.05) is 0 Å². The summed E-state index contributed by atoms with van der Waals surface area (Å²) < 4.78 is 41.9. The Labute approximate surface area is 146 Å². The molecule has 3 rings (SSSR count). The van der Waals surface area contributed by atoms with Gasteiger partial charge in [-0.1, -0.05) is 6.07 Å². The van der Waals surface area contributed by atoms with Gasteiger partial charge in [-0.25, -0.2) is 9.59 Å². The number of benzene rings is 1. The molecule has 0 spiro atoms. The number of nitrogens with zero attached hydrogens (tertiary/aromatic N) is 1. The van der Waals surface area contributed by atoms with E-state index in [4.69, 9.17) is 25.8 Å². The number of ether oxygens (including phenoxy) is 3. The van der Waals surface area contributed by atoms with E-state index in [-0.39, 0.29) is 24.9 Å². The summed E-state index contributed by atoms with van der Waals surface area (Å²) in [5.74, 6) is 0.456. The van der Waals surface area contributed by atoms with Gasteiger partial charge in [0.1, 0.15) is 0 Å². The van der Waals surface area contributed by atoms with Gasteiger partial charge in [-0.05, 0) is 37.9 Å². The number of likely N-dealkylation sites (N-methyl/N-ethyl adjacent to an activating group) is 1. The van der Waals surface area contributed by atoms with E-state index in [1.54, 1.807) is 25.1 Å². The second-order valence-electron chi connectivity index (χ2n) is 5.49. The van der Waals surface area contributed by atoms with Crippen molar-refractivity contribution in [1.82, 2.24) is 4.90 Å². The fourth-order valence-corrected chi connectivity index (χ4v) is 2.22. The van der Waals surface area contributed by atoms with Crippen molar-refractivity contribution >= 4 is 6.09 Å². The first-order valence-corrected chi connectivity index (χ1v) is 7.59. The molecule has 1 aliphatic heterocycles. The van der Waals surface area contributed by atoms with Crippen molar-refractivity contribution in [2.24, 2.45) is 0 Å². The van der Waals surface area contributed by atoms with E-state index in [9.17, 15) is 9.59 Å².